The summed E-state index contributed by atoms with van der Waals surface area (Å²) in [5.41, 5.74) is 0. The zero-order valence-electron chi connectivity index (χ0n) is 4.78. The van der Waals surface area contributed by atoms with Gasteiger partial charge in [0.15, 0.2) is 0 Å². The minimum Gasteiger partial charge on any atom is -0.322 e. The van der Waals surface area contributed by atoms with Crippen LogP contribution in [0.15, 0.2) is 0 Å². The SMILES string of the molecule is BC(C)NCC. The van der Waals surface area contributed by atoms with Gasteiger partial charge in [0.2, 0.25) is 0 Å². The topological polar surface area (TPSA) is 12.0 Å². The molecule has 0 amide bonds. The molecule has 0 fully saturated rings. The van der Waals surface area contributed by atoms with Crippen molar-refractivity contribution in [1.82, 2.24) is 5.32 Å². The summed E-state index contributed by atoms with van der Waals surface area (Å²) in [6.45, 7) is 5.33. The maximum Gasteiger partial charge on any atom is 0.123 e. The maximum atomic E-state index is 3.21. The van der Waals surface area contributed by atoms with Gasteiger partial charge < -0.3 is 5.32 Å². The van der Waals surface area contributed by atoms with E-state index in [2.05, 4.69) is 27.0 Å². The molecule has 1 N–H and O–H groups in total. The highest BCUT2D eigenvalue weighted by Crippen LogP contribution is 1.64. The van der Waals surface area contributed by atoms with Crippen LogP contribution < -0.4 is 5.32 Å². The molecule has 36 valence electrons. The molecule has 0 radical (unpaired) electrons. The molecule has 1 atom stereocenters. The van der Waals surface area contributed by atoms with E-state index in [1.807, 2.05) is 0 Å². The van der Waals surface area contributed by atoms with Crippen LogP contribution in [0.3, 0.4) is 0 Å². The van der Waals surface area contributed by atoms with Crippen molar-refractivity contribution in [3.63, 3.8) is 0 Å². The third kappa shape index (κ3) is 4.02. The lowest BCUT2D eigenvalue weighted by Gasteiger charge is -2.00. The molecule has 0 heterocycles. The Morgan fingerprint density at radius 2 is 2.33 bits per heavy atom. The molecule has 2 heteroatoms. The van der Waals surface area contributed by atoms with Crippen LogP contribution in [-0.2, 0) is 0 Å². The Morgan fingerprint density at radius 3 is 2.33 bits per heavy atom. The van der Waals surface area contributed by atoms with Crippen LogP contribution in [0, 0.1) is 0 Å². The van der Waals surface area contributed by atoms with Crippen molar-refractivity contribution in [2.75, 3.05) is 6.54 Å². The highest BCUT2D eigenvalue weighted by molar-refractivity contribution is 6.11. The van der Waals surface area contributed by atoms with Crippen molar-refractivity contribution in [1.29, 1.82) is 0 Å². The summed E-state index contributed by atoms with van der Waals surface area (Å²) in [5, 5.41) is 3.21. The van der Waals surface area contributed by atoms with Gasteiger partial charge in [0, 0.05) is 0 Å². The molecule has 0 aromatic carbocycles. The first-order valence-electron chi connectivity index (χ1n) is 2.50. The fourth-order valence-electron chi connectivity index (χ4n) is 0.408. The van der Waals surface area contributed by atoms with Crippen molar-refractivity contribution < 1.29 is 0 Å². The zero-order valence-corrected chi connectivity index (χ0v) is 4.78. The number of hydrogen-bond donors (Lipinski definition) is 1. The van der Waals surface area contributed by atoms with E-state index in [9.17, 15) is 0 Å². The Hall–Kier alpha value is 0.0249. The first-order chi connectivity index (χ1) is 2.77. The Kier molecular flexibility index (Phi) is 3.24. The van der Waals surface area contributed by atoms with Crippen molar-refractivity contribution in [2.45, 2.75) is 19.8 Å². The number of nitrogens with one attached hydrogen (secondary N) is 1. The summed E-state index contributed by atoms with van der Waals surface area (Å²) >= 11 is 0. The van der Waals surface area contributed by atoms with Gasteiger partial charge in [0.05, 0.1) is 0 Å². The molecule has 0 aromatic heterocycles. The smallest absolute Gasteiger partial charge is 0.123 e. The minimum absolute atomic E-state index is 0.648. The lowest BCUT2D eigenvalue weighted by atomic mass is 9.99. The van der Waals surface area contributed by atoms with Gasteiger partial charge in [0.25, 0.3) is 0 Å². The van der Waals surface area contributed by atoms with Gasteiger partial charge >= 0.3 is 0 Å². The summed E-state index contributed by atoms with van der Waals surface area (Å²) in [5.74, 6) is 0.648. The molecule has 0 bridgehead atoms. The van der Waals surface area contributed by atoms with Crippen LogP contribution >= 0.6 is 0 Å². The Balaban J connectivity index is 2.63. The second-order valence-corrected chi connectivity index (χ2v) is 1.71. The molecular weight excluding hydrogens is 72.9 g/mol. The second kappa shape index (κ2) is 3.22. The average Bonchev–Trinajstić information content (AvgIpc) is 1.35. The molecule has 1 nitrogen and oxygen atoms in total. The summed E-state index contributed by atoms with van der Waals surface area (Å²) in [4.78, 5) is 0. The van der Waals surface area contributed by atoms with Gasteiger partial charge in [-0.1, -0.05) is 13.8 Å². The summed E-state index contributed by atoms with van der Waals surface area (Å²) in [6, 6.07) is 0. The summed E-state index contributed by atoms with van der Waals surface area (Å²) < 4.78 is 0. The van der Waals surface area contributed by atoms with Crippen LogP contribution in [0.25, 0.3) is 0 Å². The van der Waals surface area contributed by atoms with Crippen LogP contribution in [-0.4, -0.2) is 20.3 Å². The van der Waals surface area contributed by atoms with E-state index in [1.165, 1.54) is 0 Å². The lowest BCUT2D eigenvalue weighted by molar-refractivity contribution is 0.711. The standard InChI is InChI=1S/C4H12BN/c1-3-6-4(2)5/h4,6H,3,5H2,1-2H3. The average molecular weight is 85.0 g/mol. The van der Waals surface area contributed by atoms with Crippen LogP contribution in [0.2, 0.25) is 0 Å². The highest BCUT2D eigenvalue weighted by atomic mass is 14.9. The highest BCUT2D eigenvalue weighted by Gasteiger charge is 1.82. The van der Waals surface area contributed by atoms with E-state index in [0.717, 1.165) is 6.54 Å². The third-order valence-corrected chi connectivity index (χ3v) is 0.612. The first kappa shape index (κ1) is 6.02. The molecule has 0 spiro atoms. The Morgan fingerprint density at radius 1 is 1.83 bits per heavy atom. The largest absolute Gasteiger partial charge is 0.322 e. The van der Waals surface area contributed by atoms with E-state index < -0.39 is 0 Å². The Labute approximate surface area is 40.5 Å². The Bertz CT molecular complexity index is 28.7. The number of rotatable bonds is 2. The second-order valence-electron chi connectivity index (χ2n) is 1.71. The van der Waals surface area contributed by atoms with E-state index >= 15 is 0 Å². The molecular formula is C4H12BN. The zero-order chi connectivity index (χ0) is 4.99. The molecule has 0 aliphatic heterocycles. The molecule has 0 rings (SSSR count). The normalized spacial score (nSPS) is 14.3. The lowest BCUT2D eigenvalue weighted by Crippen LogP contribution is -2.24. The van der Waals surface area contributed by atoms with Gasteiger partial charge in [-0.05, 0) is 12.5 Å². The molecule has 0 aliphatic carbocycles. The van der Waals surface area contributed by atoms with Gasteiger partial charge in [-0.3, -0.25) is 0 Å². The first-order valence-corrected chi connectivity index (χ1v) is 2.50. The van der Waals surface area contributed by atoms with Crippen LogP contribution in [0.1, 0.15) is 13.8 Å². The van der Waals surface area contributed by atoms with Gasteiger partial charge in [-0.15, -0.1) is 0 Å². The quantitative estimate of drug-likeness (QED) is 0.449. The van der Waals surface area contributed by atoms with E-state index in [1.54, 1.807) is 0 Å². The van der Waals surface area contributed by atoms with E-state index in [0.29, 0.717) is 5.94 Å². The van der Waals surface area contributed by atoms with Crippen LogP contribution in [0.5, 0.6) is 0 Å². The van der Waals surface area contributed by atoms with Crippen molar-refractivity contribution in [2.24, 2.45) is 0 Å². The predicted molar refractivity (Wildman–Crippen MR) is 31.7 cm³/mol. The molecule has 0 saturated carbocycles. The minimum atomic E-state index is 0.648. The van der Waals surface area contributed by atoms with E-state index in [4.69, 9.17) is 0 Å². The molecule has 0 aromatic rings. The van der Waals surface area contributed by atoms with Crippen LogP contribution in [0.4, 0.5) is 0 Å². The summed E-state index contributed by atoms with van der Waals surface area (Å²) in [6.07, 6.45) is 0. The van der Waals surface area contributed by atoms with Gasteiger partial charge in [0.1, 0.15) is 7.85 Å². The fraction of sp³-hybridized carbons (Fsp3) is 1.00. The van der Waals surface area contributed by atoms with E-state index in [-0.39, 0.29) is 0 Å². The fourth-order valence-corrected chi connectivity index (χ4v) is 0.408. The monoisotopic (exact) mass is 85.1 g/mol. The molecule has 1 unspecified atom stereocenters. The molecule has 0 aliphatic rings. The molecule has 6 heavy (non-hydrogen) atoms. The van der Waals surface area contributed by atoms with Crippen molar-refractivity contribution in [3.8, 4) is 0 Å². The van der Waals surface area contributed by atoms with Crippen molar-refractivity contribution >= 4 is 7.85 Å². The van der Waals surface area contributed by atoms with Gasteiger partial charge in [-0.2, -0.15) is 0 Å². The maximum absolute atomic E-state index is 3.21. The molecule has 0 saturated heterocycles. The third-order valence-electron chi connectivity index (χ3n) is 0.612. The summed E-state index contributed by atoms with van der Waals surface area (Å²) in [7, 11) is 2.14. The van der Waals surface area contributed by atoms with Gasteiger partial charge in [-0.25, -0.2) is 0 Å². The number of hydrogen-bond acceptors (Lipinski definition) is 1. The van der Waals surface area contributed by atoms with Crippen molar-refractivity contribution in [3.05, 3.63) is 0 Å². The predicted octanol–water partition coefficient (Wildman–Crippen LogP) is -0.425.